The van der Waals surface area contributed by atoms with Crippen molar-refractivity contribution >= 4 is 18.3 Å². The van der Waals surface area contributed by atoms with Gasteiger partial charge in [0.1, 0.15) is 0 Å². The minimum atomic E-state index is -0.399. The van der Waals surface area contributed by atoms with Crippen LogP contribution in [0.4, 0.5) is 0 Å². The van der Waals surface area contributed by atoms with Crippen molar-refractivity contribution in [1.82, 2.24) is 15.1 Å². The predicted octanol–water partition coefficient (Wildman–Crippen LogP) is 3.49. The van der Waals surface area contributed by atoms with Gasteiger partial charge in [0.25, 0.3) is 0 Å². The highest BCUT2D eigenvalue weighted by Gasteiger charge is 2.37. The first-order chi connectivity index (χ1) is 12.4. The van der Waals surface area contributed by atoms with Crippen molar-refractivity contribution in [2.24, 2.45) is 11.7 Å². The van der Waals surface area contributed by atoms with E-state index in [0.29, 0.717) is 6.54 Å². The van der Waals surface area contributed by atoms with E-state index in [1.54, 1.807) is 0 Å². The van der Waals surface area contributed by atoms with E-state index in [1.165, 1.54) is 5.56 Å². The van der Waals surface area contributed by atoms with Gasteiger partial charge in [-0.05, 0) is 39.2 Å². The first-order valence-corrected chi connectivity index (χ1v) is 9.52. The molecule has 1 saturated carbocycles. The molecule has 3 N–H and O–H groups in total. The second-order valence-corrected chi connectivity index (χ2v) is 7.81. The minimum Gasteiger partial charge on any atom is -0.352 e. The number of nitrogens with two attached hydrogens (primary N) is 1. The lowest BCUT2D eigenvalue weighted by atomic mass is 9.74. The fourth-order valence-electron chi connectivity index (χ4n) is 3.99. The Morgan fingerprint density at radius 3 is 2.67 bits per heavy atom. The number of amides is 1. The number of halogens is 1. The van der Waals surface area contributed by atoms with Crippen LogP contribution in [-0.4, -0.2) is 21.2 Å². The number of hydrogen-bond donors (Lipinski definition) is 2. The lowest BCUT2D eigenvalue weighted by Crippen LogP contribution is -2.52. The minimum absolute atomic E-state index is 0. The Labute approximate surface area is 168 Å². The number of carbonyl (C=O) groups is 1. The molecule has 1 heterocycles. The third kappa shape index (κ3) is 4.90. The summed E-state index contributed by atoms with van der Waals surface area (Å²) in [6.45, 7) is 7.33. The van der Waals surface area contributed by atoms with Crippen LogP contribution in [0, 0.1) is 19.8 Å². The molecule has 6 heteroatoms. The summed E-state index contributed by atoms with van der Waals surface area (Å²) >= 11 is 0. The summed E-state index contributed by atoms with van der Waals surface area (Å²) in [6.07, 6.45) is 3.99. The summed E-state index contributed by atoms with van der Waals surface area (Å²) in [7, 11) is 0. The van der Waals surface area contributed by atoms with E-state index >= 15 is 0 Å². The van der Waals surface area contributed by atoms with Crippen molar-refractivity contribution in [3.8, 4) is 0 Å². The SMILES string of the molecule is Cc1nn(Cc2ccccc2)c(C)c1CNC(=O)C1CCCCC1(C)N.Cl. The molecule has 1 fully saturated rings. The van der Waals surface area contributed by atoms with Gasteiger partial charge in [0.2, 0.25) is 5.91 Å². The number of nitrogens with zero attached hydrogens (tertiary/aromatic N) is 2. The molecule has 2 unspecified atom stereocenters. The second-order valence-electron chi connectivity index (χ2n) is 7.81. The van der Waals surface area contributed by atoms with Crippen molar-refractivity contribution in [3.63, 3.8) is 0 Å². The van der Waals surface area contributed by atoms with Crippen LogP contribution < -0.4 is 11.1 Å². The molecule has 0 spiro atoms. The van der Waals surface area contributed by atoms with Crippen molar-refractivity contribution in [1.29, 1.82) is 0 Å². The molecule has 0 aliphatic heterocycles. The summed E-state index contributed by atoms with van der Waals surface area (Å²) < 4.78 is 2.01. The van der Waals surface area contributed by atoms with Crippen LogP contribution in [-0.2, 0) is 17.9 Å². The first kappa shape index (κ1) is 21.5. The topological polar surface area (TPSA) is 72.9 Å². The van der Waals surface area contributed by atoms with Crippen molar-refractivity contribution in [2.75, 3.05) is 0 Å². The molecule has 1 aromatic carbocycles. The van der Waals surface area contributed by atoms with Crippen LogP contribution in [0.2, 0.25) is 0 Å². The van der Waals surface area contributed by atoms with E-state index in [1.807, 2.05) is 36.7 Å². The van der Waals surface area contributed by atoms with Gasteiger partial charge in [0.15, 0.2) is 0 Å². The molecule has 2 aromatic rings. The van der Waals surface area contributed by atoms with Crippen LogP contribution in [0.1, 0.15) is 55.1 Å². The molecule has 5 nitrogen and oxygen atoms in total. The monoisotopic (exact) mass is 390 g/mol. The Kier molecular flexibility index (Phi) is 7.06. The van der Waals surface area contributed by atoms with Crippen LogP contribution in [0.3, 0.4) is 0 Å². The molecule has 2 atom stereocenters. The maximum atomic E-state index is 12.7. The van der Waals surface area contributed by atoms with Gasteiger partial charge in [-0.25, -0.2) is 0 Å². The van der Waals surface area contributed by atoms with Gasteiger partial charge in [-0.2, -0.15) is 5.10 Å². The Balaban J connectivity index is 0.00000261. The Hall–Kier alpha value is -1.85. The first-order valence-electron chi connectivity index (χ1n) is 9.52. The van der Waals surface area contributed by atoms with Crippen LogP contribution in [0.15, 0.2) is 30.3 Å². The Bertz CT molecular complexity index is 770. The molecule has 1 aliphatic rings. The van der Waals surface area contributed by atoms with E-state index < -0.39 is 5.54 Å². The van der Waals surface area contributed by atoms with Gasteiger partial charge in [-0.1, -0.05) is 43.2 Å². The average molecular weight is 391 g/mol. The molecule has 0 radical (unpaired) electrons. The van der Waals surface area contributed by atoms with Gasteiger partial charge in [-0.15, -0.1) is 12.4 Å². The van der Waals surface area contributed by atoms with E-state index in [2.05, 4.69) is 29.5 Å². The van der Waals surface area contributed by atoms with E-state index in [4.69, 9.17) is 5.73 Å². The molecule has 1 aliphatic carbocycles. The summed E-state index contributed by atoms with van der Waals surface area (Å²) in [5.74, 6) is -0.0273. The molecular weight excluding hydrogens is 360 g/mol. The summed E-state index contributed by atoms with van der Waals surface area (Å²) in [5, 5.41) is 7.78. The molecule has 0 bridgehead atoms. The zero-order chi connectivity index (χ0) is 18.7. The fraction of sp³-hybridized carbons (Fsp3) is 0.524. The van der Waals surface area contributed by atoms with Crippen LogP contribution in [0.5, 0.6) is 0 Å². The van der Waals surface area contributed by atoms with E-state index in [-0.39, 0.29) is 24.2 Å². The second kappa shape index (κ2) is 8.89. The van der Waals surface area contributed by atoms with Gasteiger partial charge < -0.3 is 11.1 Å². The highest BCUT2D eigenvalue weighted by Crippen LogP contribution is 2.31. The van der Waals surface area contributed by atoms with Gasteiger partial charge in [0, 0.05) is 23.3 Å². The quantitative estimate of drug-likeness (QED) is 0.820. The molecular formula is C21H31ClN4O. The molecule has 148 valence electrons. The van der Waals surface area contributed by atoms with Gasteiger partial charge in [0.05, 0.1) is 18.2 Å². The van der Waals surface area contributed by atoms with Crippen LogP contribution >= 0.6 is 12.4 Å². The Morgan fingerprint density at radius 2 is 2.00 bits per heavy atom. The Morgan fingerprint density at radius 1 is 1.30 bits per heavy atom. The summed E-state index contributed by atoms with van der Waals surface area (Å²) in [6, 6.07) is 10.3. The molecule has 1 aromatic heterocycles. The van der Waals surface area contributed by atoms with Crippen molar-refractivity contribution < 1.29 is 4.79 Å². The lowest BCUT2D eigenvalue weighted by molar-refractivity contribution is -0.128. The van der Waals surface area contributed by atoms with Crippen molar-refractivity contribution in [3.05, 3.63) is 52.8 Å². The van der Waals surface area contributed by atoms with Gasteiger partial charge in [-0.3, -0.25) is 9.48 Å². The molecule has 0 saturated heterocycles. The molecule has 3 rings (SSSR count). The number of carbonyl (C=O) groups excluding carboxylic acids is 1. The predicted molar refractivity (Wildman–Crippen MR) is 111 cm³/mol. The number of aromatic nitrogens is 2. The number of nitrogens with one attached hydrogen (secondary N) is 1. The average Bonchev–Trinajstić information content (AvgIpc) is 2.87. The normalized spacial score (nSPS) is 22.1. The third-order valence-electron chi connectivity index (χ3n) is 5.72. The zero-order valence-corrected chi connectivity index (χ0v) is 17.3. The summed E-state index contributed by atoms with van der Waals surface area (Å²) in [5.41, 5.74) is 10.4. The van der Waals surface area contributed by atoms with Gasteiger partial charge >= 0.3 is 0 Å². The fourth-order valence-corrected chi connectivity index (χ4v) is 3.99. The number of hydrogen-bond acceptors (Lipinski definition) is 3. The number of aryl methyl sites for hydroxylation is 1. The largest absolute Gasteiger partial charge is 0.352 e. The lowest BCUT2D eigenvalue weighted by Gasteiger charge is -2.37. The summed E-state index contributed by atoms with van der Waals surface area (Å²) in [4.78, 5) is 12.7. The highest BCUT2D eigenvalue weighted by molar-refractivity contribution is 5.85. The maximum absolute atomic E-state index is 12.7. The van der Waals surface area contributed by atoms with E-state index in [9.17, 15) is 4.79 Å². The number of rotatable bonds is 5. The smallest absolute Gasteiger partial charge is 0.225 e. The number of benzene rings is 1. The maximum Gasteiger partial charge on any atom is 0.225 e. The highest BCUT2D eigenvalue weighted by atomic mass is 35.5. The van der Waals surface area contributed by atoms with Crippen molar-refractivity contribution in [2.45, 2.75) is 65.1 Å². The van der Waals surface area contributed by atoms with Crippen LogP contribution in [0.25, 0.3) is 0 Å². The third-order valence-corrected chi connectivity index (χ3v) is 5.72. The molecule has 1 amide bonds. The zero-order valence-electron chi connectivity index (χ0n) is 16.5. The molecule has 27 heavy (non-hydrogen) atoms. The van der Waals surface area contributed by atoms with E-state index in [0.717, 1.165) is 49.2 Å². The standard InChI is InChI=1S/C21H30N4O.ClH/c1-15-18(13-23-20(26)19-11-7-8-12-21(19,3)22)16(2)25(24-15)14-17-9-5-4-6-10-17;/h4-6,9-10,19H,7-8,11-14,22H2,1-3H3,(H,23,26);1H.